The number of aryl methyl sites for hydroxylation is 1. The molecule has 7 nitrogen and oxygen atoms in total. The molecule has 2 amide bonds. The fraction of sp³-hybridized carbons (Fsp3) is 0.471. The summed E-state index contributed by atoms with van der Waals surface area (Å²) in [5.74, 6) is 0.00138. The van der Waals surface area contributed by atoms with E-state index in [0.29, 0.717) is 26.1 Å². The highest BCUT2D eigenvalue weighted by molar-refractivity contribution is 5.79. The van der Waals surface area contributed by atoms with Crippen molar-refractivity contribution >= 4 is 22.8 Å². The number of nitrogens with zero attached hydrogens (tertiary/aromatic N) is 3. The number of carbonyl (C=O) groups excluding carboxylic acids is 2. The first-order valence-electron chi connectivity index (χ1n) is 8.29. The Morgan fingerprint density at radius 3 is 3.17 bits per heavy atom. The van der Waals surface area contributed by atoms with E-state index >= 15 is 0 Å². The number of rotatable bonds is 3. The van der Waals surface area contributed by atoms with Crippen molar-refractivity contribution in [2.45, 2.75) is 31.5 Å². The minimum atomic E-state index is -0.101. The van der Waals surface area contributed by atoms with Crippen molar-refractivity contribution in [2.75, 3.05) is 19.7 Å². The molecular weight excluding hydrogens is 308 g/mol. The molecule has 0 aliphatic carbocycles. The van der Waals surface area contributed by atoms with Crippen LogP contribution in [0, 0.1) is 0 Å². The molecule has 1 N–H and O–H groups in total. The van der Waals surface area contributed by atoms with Gasteiger partial charge in [0.2, 0.25) is 11.8 Å². The van der Waals surface area contributed by atoms with Crippen LogP contribution in [-0.2, 0) is 20.9 Å². The van der Waals surface area contributed by atoms with Crippen LogP contribution in [0.15, 0.2) is 30.6 Å². The summed E-state index contributed by atoms with van der Waals surface area (Å²) in [6.07, 6.45) is 3.00. The number of fused-ring (bicyclic) bond motifs is 2. The number of morpholine rings is 1. The first-order chi connectivity index (χ1) is 11.7. The summed E-state index contributed by atoms with van der Waals surface area (Å²) in [6.45, 7) is 1.94. The van der Waals surface area contributed by atoms with Crippen LogP contribution in [0.1, 0.15) is 12.8 Å². The minimum Gasteiger partial charge on any atom is -0.366 e. The largest absolute Gasteiger partial charge is 0.366 e. The molecule has 1 aromatic heterocycles. The van der Waals surface area contributed by atoms with Gasteiger partial charge in [-0.2, -0.15) is 0 Å². The predicted octanol–water partition coefficient (Wildman–Crippen LogP) is 0.542. The van der Waals surface area contributed by atoms with Gasteiger partial charge >= 0.3 is 0 Å². The number of piperidine rings is 1. The molecule has 2 saturated heterocycles. The lowest BCUT2D eigenvalue weighted by Crippen LogP contribution is -2.61. The first-order valence-corrected chi connectivity index (χ1v) is 8.29. The van der Waals surface area contributed by atoms with E-state index in [-0.39, 0.29) is 30.6 Å². The summed E-state index contributed by atoms with van der Waals surface area (Å²) in [7, 11) is 0. The third kappa shape index (κ3) is 2.87. The van der Waals surface area contributed by atoms with Crippen molar-refractivity contribution in [3.63, 3.8) is 0 Å². The molecule has 2 aliphatic heterocycles. The van der Waals surface area contributed by atoms with Crippen LogP contribution in [0.3, 0.4) is 0 Å². The second-order valence-electron chi connectivity index (χ2n) is 6.33. The van der Waals surface area contributed by atoms with Gasteiger partial charge in [0.15, 0.2) is 0 Å². The van der Waals surface area contributed by atoms with E-state index < -0.39 is 0 Å². The number of amides is 2. The number of aromatic nitrogens is 2. The fourth-order valence-electron chi connectivity index (χ4n) is 3.49. The van der Waals surface area contributed by atoms with Crippen LogP contribution in [0.4, 0.5) is 0 Å². The highest BCUT2D eigenvalue weighted by Gasteiger charge is 2.36. The van der Waals surface area contributed by atoms with Crippen molar-refractivity contribution in [1.29, 1.82) is 0 Å². The van der Waals surface area contributed by atoms with Crippen molar-refractivity contribution in [3.05, 3.63) is 30.6 Å². The van der Waals surface area contributed by atoms with Gasteiger partial charge in [-0.05, 0) is 18.6 Å². The first kappa shape index (κ1) is 15.1. The molecule has 1 aromatic carbocycles. The van der Waals surface area contributed by atoms with Gasteiger partial charge in [-0.15, -0.1) is 0 Å². The Bertz CT molecular complexity index is 772. The monoisotopic (exact) mass is 328 g/mol. The normalized spacial score (nSPS) is 23.8. The number of para-hydroxylation sites is 2. The maximum atomic E-state index is 12.5. The Labute approximate surface area is 139 Å². The van der Waals surface area contributed by atoms with Crippen molar-refractivity contribution in [2.24, 2.45) is 0 Å². The molecule has 0 saturated carbocycles. The van der Waals surface area contributed by atoms with E-state index in [2.05, 4.69) is 10.3 Å². The molecule has 4 rings (SSSR count). The van der Waals surface area contributed by atoms with Gasteiger partial charge in [-0.1, -0.05) is 12.1 Å². The summed E-state index contributed by atoms with van der Waals surface area (Å²) in [4.78, 5) is 30.1. The quantitative estimate of drug-likeness (QED) is 0.892. The van der Waals surface area contributed by atoms with Gasteiger partial charge < -0.3 is 19.5 Å². The van der Waals surface area contributed by atoms with E-state index in [1.54, 1.807) is 6.33 Å². The molecule has 2 aromatic rings. The van der Waals surface area contributed by atoms with Gasteiger partial charge in [-0.3, -0.25) is 9.59 Å². The molecule has 0 spiro atoms. The smallest absolute Gasteiger partial charge is 0.246 e. The van der Waals surface area contributed by atoms with Gasteiger partial charge in [-0.25, -0.2) is 4.98 Å². The van der Waals surface area contributed by atoms with Gasteiger partial charge in [0.05, 0.1) is 29.5 Å². The zero-order valence-corrected chi connectivity index (χ0v) is 13.4. The number of ether oxygens (including phenoxy) is 1. The van der Waals surface area contributed by atoms with Crippen molar-refractivity contribution < 1.29 is 14.3 Å². The third-order valence-electron chi connectivity index (χ3n) is 4.77. The average molecular weight is 328 g/mol. The maximum Gasteiger partial charge on any atom is 0.246 e. The zero-order valence-electron chi connectivity index (χ0n) is 13.4. The number of hydrogen-bond donors (Lipinski definition) is 1. The minimum absolute atomic E-state index is 0.0318. The summed E-state index contributed by atoms with van der Waals surface area (Å²) in [5, 5.41) is 2.92. The molecule has 0 unspecified atom stereocenters. The number of hydrogen-bond acceptors (Lipinski definition) is 4. The molecule has 7 heteroatoms. The summed E-state index contributed by atoms with van der Waals surface area (Å²) < 4.78 is 7.53. The van der Waals surface area contributed by atoms with Crippen molar-refractivity contribution in [1.82, 2.24) is 19.8 Å². The van der Waals surface area contributed by atoms with Crippen LogP contribution in [0.5, 0.6) is 0 Å². The maximum absolute atomic E-state index is 12.5. The molecule has 2 aliphatic rings. The van der Waals surface area contributed by atoms with Gasteiger partial charge in [0, 0.05) is 26.1 Å². The molecule has 2 fully saturated rings. The second kappa shape index (κ2) is 6.24. The molecular formula is C17H20N4O3. The zero-order chi connectivity index (χ0) is 16.5. The Morgan fingerprint density at radius 1 is 1.38 bits per heavy atom. The second-order valence-corrected chi connectivity index (χ2v) is 6.33. The molecule has 3 heterocycles. The summed E-state index contributed by atoms with van der Waals surface area (Å²) in [6, 6.07) is 7.81. The third-order valence-corrected chi connectivity index (χ3v) is 4.77. The number of nitrogens with one attached hydrogen (secondary N) is 1. The molecule has 2 atom stereocenters. The lowest BCUT2D eigenvalue weighted by Gasteiger charge is -2.41. The van der Waals surface area contributed by atoms with Crippen molar-refractivity contribution in [3.8, 4) is 0 Å². The topological polar surface area (TPSA) is 76.5 Å². The van der Waals surface area contributed by atoms with E-state index in [1.165, 1.54) is 0 Å². The SMILES string of the molecule is O=C1CO[C@@H]2CCN(C(=O)CCn3cnc4ccccc43)C[C@@H]2N1. The van der Waals surface area contributed by atoms with Gasteiger partial charge in [0.25, 0.3) is 0 Å². The summed E-state index contributed by atoms with van der Waals surface area (Å²) in [5.41, 5.74) is 1.98. The van der Waals surface area contributed by atoms with Crippen LogP contribution in [0.2, 0.25) is 0 Å². The summed E-state index contributed by atoms with van der Waals surface area (Å²) >= 11 is 0. The van der Waals surface area contributed by atoms with Gasteiger partial charge in [0.1, 0.15) is 6.61 Å². The number of carbonyl (C=O) groups is 2. The Kier molecular flexibility index (Phi) is 3.93. The average Bonchev–Trinajstić information content (AvgIpc) is 3.02. The Balaban J connectivity index is 1.37. The lowest BCUT2D eigenvalue weighted by atomic mass is 10.0. The molecule has 126 valence electrons. The van der Waals surface area contributed by atoms with E-state index in [9.17, 15) is 9.59 Å². The van der Waals surface area contributed by atoms with Crippen LogP contribution in [0.25, 0.3) is 11.0 Å². The fourth-order valence-corrected chi connectivity index (χ4v) is 3.49. The number of imidazole rings is 1. The standard InChI is InChI=1S/C17H20N4O3/c22-16-10-24-15-5-7-20(9-13(15)19-16)17(23)6-8-21-11-18-12-3-1-2-4-14(12)21/h1-4,11,13,15H,5-10H2,(H,19,22)/t13-,15+/m0/s1. The highest BCUT2D eigenvalue weighted by atomic mass is 16.5. The molecule has 24 heavy (non-hydrogen) atoms. The number of benzene rings is 1. The van der Waals surface area contributed by atoms with Crippen LogP contribution < -0.4 is 5.32 Å². The molecule has 0 radical (unpaired) electrons. The Morgan fingerprint density at radius 2 is 2.25 bits per heavy atom. The van der Waals surface area contributed by atoms with Crippen LogP contribution >= 0.6 is 0 Å². The highest BCUT2D eigenvalue weighted by Crippen LogP contribution is 2.19. The number of likely N-dealkylation sites (tertiary alicyclic amines) is 1. The molecule has 0 bridgehead atoms. The Hall–Kier alpha value is -2.41. The van der Waals surface area contributed by atoms with E-state index in [1.807, 2.05) is 33.7 Å². The van der Waals surface area contributed by atoms with E-state index in [0.717, 1.165) is 17.5 Å². The predicted molar refractivity (Wildman–Crippen MR) is 87.2 cm³/mol. The lowest BCUT2D eigenvalue weighted by molar-refractivity contribution is -0.146. The van der Waals surface area contributed by atoms with E-state index in [4.69, 9.17) is 4.74 Å². The van der Waals surface area contributed by atoms with Crippen LogP contribution in [-0.4, -0.2) is 58.1 Å².